The number of hydrogen-bond donors (Lipinski definition) is 0. The second-order valence-corrected chi connectivity index (χ2v) is 6.37. The molecule has 1 aliphatic heterocycles. The fraction of sp³-hybridized carbons (Fsp3) is 0.143. The molecular formula is C14H11N3O5S2. The van der Waals surface area contributed by atoms with Crippen molar-refractivity contribution < 1.29 is 19.3 Å². The van der Waals surface area contributed by atoms with Crippen LogP contribution in [0.5, 0.6) is 0 Å². The standard InChI is InChI=1S/C14H11N3O5S2/c1-8(18)15(9(2)19)16-13(20)12(24-14(16)23)7-10-4-3-5-11(6-10)17(21)22/h3-7H,1-2H3/b12-7+. The van der Waals surface area contributed by atoms with Gasteiger partial charge in [-0.15, -0.1) is 0 Å². The molecule has 0 N–H and O–H groups in total. The van der Waals surface area contributed by atoms with Gasteiger partial charge < -0.3 is 0 Å². The monoisotopic (exact) mass is 365 g/mol. The van der Waals surface area contributed by atoms with Crippen LogP contribution in [0.25, 0.3) is 6.08 Å². The minimum atomic E-state index is -0.643. The van der Waals surface area contributed by atoms with Crippen LogP contribution in [0.4, 0.5) is 5.69 Å². The first-order valence-electron chi connectivity index (χ1n) is 6.56. The fourth-order valence-corrected chi connectivity index (χ4v) is 3.26. The minimum absolute atomic E-state index is 0.0297. The SMILES string of the molecule is CC(=O)N(C(C)=O)N1C(=O)/C(=C\c2cccc([N+](=O)[O-])c2)SC1=S. The summed E-state index contributed by atoms with van der Waals surface area (Å²) in [5, 5.41) is 12.3. The molecule has 0 unspecified atom stereocenters. The number of nitro groups is 1. The van der Waals surface area contributed by atoms with Crippen molar-refractivity contribution >= 4 is 57.8 Å². The smallest absolute Gasteiger partial charge is 0.273 e. The summed E-state index contributed by atoms with van der Waals surface area (Å²) >= 11 is 5.97. The van der Waals surface area contributed by atoms with Gasteiger partial charge in [0.25, 0.3) is 11.6 Å². The molecule has 1 aromatic rings. The first-order valence-corrected chi connectivity index (χ1v) is 7.78. The van der Waals surface area contributed by atoms with Gasteiger partial charge in [-0.3, -0.25) is 24.5 Å². The van der Waals surface area contributed by atoms with Crippen LogP contribution in [0.15, 0.2) is 29.2 Å². The number of thioether (sulfide) groups is 1. The van der Waals surface area contributed by atoms with E-state index in [0.717, 1.165) is 30.6 Å². The van der Waals surface area contributed by atoms with E-state index in [9.17, 15) is 24.5 Å². The highest BCUT2D eigenvalue weighted by Crippen LogP contribution is 2.34. The maximum absolute atomic E-state index is 12.5. The van der Waals surface area contributed by atoms with Crippen molar-refractivity contribution in [3.05, 3.63) is 44.8 Å². The van der Waals surface area contributed by atoms with E-state index in [1.54, 1.807) is 6.07 Å². The normalized spacial score (nSPS) is 15.8. The molecule has 10 heteroatoms. The number of thiocarbonyl (C=S) groups is 1. The highest BCUT2D eigenvalue weighted by molar-refractivity contribution is 8.26. The van der Waals surface area contributed by atoms with Crippen LogP contribution in [0.1, 0.15) is 19.4 Å². The van der Waals surface area contributed by atoms with E-state index >= 15 is 0 Å². The number of amides is 3. The summed E-state index contributed by atoms with van der Waals surface area (Å²) in [6.45, 7) is 2.29. The van der Waals surface area contributed by atoms with Crippen molar-refractivity contribution in [2.24, 2.45) is 0 Å². The third kappa shape index (κ3) is 3.49. The summed E-state index contributed by atoms with van der Waals surface area (Å²) in [4.78, 5) is 46.1. The van der Waals surface area contributed by atoms with Gasteiger partial charge in [-0.05, 0) is 23.9 Å². The Morgan fingerprint density at radius 2 is 1.96 bits per heavy atom. The van der Waals surface area contributed by atoms with Crippen LogP contribution in [-0.4, -0.2) is 37.0 Å². The molecule has 1 aromatic carbocycles. The van der Waals surface area contributed by atoms with Crippen LogP contribution >= 0.6 is 24.0 Å². The number of rotatable bonds is 3. The third-order valence-corrected chi connectivity index (χ3v) is 4.23. The molecule has 0 spiro atoms. The molecule has 2 rings (SSSR count). The molecule has 24 heavy (non-hydrogen) atoms. The number of non-ortho nitro benzene ring substituents is 1. The molecule has 1 saturated heterocycles. The molecule has 124 valence electrons. The second kappa shape index (κ2) is 6.89. The molecule has 0 saturated carbocycles. The summed E-state index contributed by atoms with van der Waals surface area (Å²) in [6.07, 6.45) is 1.42. The van der Waals surface area contributed by atoms with Gasteiger partial charge in [0.05, 0.1) is 9.83 Å². The fourth-order valence-electron chi connectivity index (χ4n) is 2.01. The van der Waals surface area contributed by atoms with Crippen molar-refractivity contribution in [2.45, 2.75) is 13.8 Å². The summed E-state index contributed by atoms with van der Waals surface area (Å²) in [6, 6.07) is 5.71. The summed E-state index contributed by atoms with van der Waals surface area (Å²) in [7, 11) is 0. The van der Waals surface area contributed by atoms with Crippen LogP contribution < -0.4 is 0 Å². The van der Waals surface area contributed by atoms with Gasteiger partial charge in [0, 0.05) is 26.0 Å². The Labute approximate surface area is 146 Å². The Morgan fingerprint density at radius 1 is 1.33 bits per heavy atom. The minimum Gasteiger partial charge on any atom is -0.273 e. The Hall–Kier alpha value is -2.59. The third-order valence-electron chi connectivity index (χ3n) is 2.95. The number of benzene rings is 1. The maximum atomic E-state index is 12.5. The Bertz CT molecular complexity index is 791. The largest absolute Gasteiger partial charge is 0.285 e. The molecule has 0 aliphatic carbocycles. The number of nitro benzene ring substituents is 1. The lowest BCUT2D eigenvalue weighted by Crippen LogP contribution is -2.50. The molecule has 8 nitrogen and oxygen atoms in total. The van der Waals surface area contributed by atoms with Crippen molar-refractivity contribution in [3.63, 3.8) is 0 Å². The maximum Gasteiger partial charge on any atom is 0.285 e. The van der Waals surface area contributed by atoms with Gasteiger partial charge in [-0.1, -0.05) is 23.9 Å². The molecule has 0 atom stereocenters. The molecule has 1 aliphatic rings. The zero-order valence-corrected chi connectivity index (χ0v) is 14.2. The topological polar surface area (TPSA) is 101 Å². The van der Waals surface area contributed by atoms with E-state index in [1.165, 1.54) is 24.3 Å². The Kier molecular flexibility index (Phi) is 5.10. The summed E-state index contributed by atoms with van der Waals surface area (Å²) in [5.41, 5.74) is 0.315. The van der Waals surface area contributed by atoms with E-state index in [1.807, 2.05) is 0 Å². The molecule has 0 aromatic heterocycles. The number of hydrogen-bond acceptors (Lipinski definition) is 7. The van der Waals surface area contributed by atoms with Crippen LogP contribution in [0, 0.1) is 10.1 Å². The zero-order valence-electron chi connectivity index (χ0n) is 12.6. The number of imide groups is 1. The van der Waals surface area contributed by atoms with E-state index in [-0.39, 0.29) is 14.9 Å². The summed E-state index contributed by atoms with van der Waals surface area (Å²) in [5.74, 6) is -1.92. The van der Waals surface area contributed by atoms with E-state index in [0.29, 0.717) is 10.6 Å². The van der Waals surface area contributed by atoms with Crippen molar-refractivity contribution in [1.29, 1.82) is 0 Å². The van der Waals surface area contributed by atoms with Gasteiger partial charge in [-0.25, -0.2) is 0 Å². The van der Waals surface area contributed by atoms with Gasteiger partial charge in [-0.2, -0.15) is 10.0 Å². The van der Waals surface area contributed by atoms with Crippen molar-refractivity contribution in [2.75, 3.05) is 0 Å². The number of carbonyl (C=O) groups excluding carboxylic acids is 3. The first-order chi connectivity index (χ1) is 11.2. The van der Waals surface area contributed by atoms with E-state index in [4.69, 9.17) is 12.2 Å². The van der Waals surface area contributed by atoms with E-state index < -0.39 is 22.6 Å². The van der Waals surface area contributed by atoms with Crippen LogP contribution in [-0.2, 0) is 14.4 Å². The van der Waals surface area contributed by atoms with Crippen LogP contribution in [0.2, 0.25) is 0 Å². The van der Waals surface area contributed by atoms with Crippen LogP contribution in [0.3, 0.4) is 0 Å². The number of nitrogens with zero attached hydrogens (tertiary/aromatic N) is 3. The lowest BCUT2D eigenvalue weighted by Gasteiger charge is -2.26. The molecule has 3 amide bonds. The van der Waals surface area contributed by atoms with Crippen molar-refractivity contribution in [1.82, 2.24) is 10.0 Å². The Balaban J connectivity index is 2.38. The second-order valence-electron chi connectivity index (χ2n) is 4.70. The molecule has 0 bridgehead atoms. The van der Waals surface area contributed by atoms with Gasteiger partial charge in [0.2, 0.25) is 11.8 Å². The number of hydrazine groups is 1. The predicted molar refractivity (Wildman–Crippen MR) is 91.3 cm³/mol. The zero-order chi connectivity index (χ0) is 18.0. The highest BCUT2D eigenvalue weighted by atomic mass is 32.2. The van der Waals surface area contributed by atoms with Gasteiger partial charge >= 0.3 is 0 Å². The molecule has 0 radical (unpaired) electrons. The molecular weight excluding hydrogens is 354 g/mol. The van der Waals surface area contributed by atoms with E-state index in [2.05, 4.69) is 0 Å². The number of carbonyl (C=O) groups is 3. The Morgan fingerprint density at radius 3 is 2.50 bits per heavy atom. The molecule has 1 heterocycles. The predicted octanol–water partition coefficient (Wildman–Crippen LogP) is 2.11. The van der Waals surface area contributed by atoms with Crippen molar-refractivity contribution in [3.8, 4) is 0 Å². The summed E-state index contributed by atoms with van der Waals surface area (Å²) < 4.78 is 0.0297. The van der Waals surface area contributed by atoms with Gasteiger partial charge in [0.15, 0.2) is 4.32 Å². The molecule has 1 fully saturated rings. The quantitative estimate of drug-likeness (QED) is 0.350. The highest BCUT2D eigenvalue weighted by Gasteiger charge is 2.39. The lowest BCUT2D eigenvalue weighted by atomic mass is 10.2. The average molecular weight is 365 g/mol. The average Bonchev–Trinajstić information content (AvgIpc) is 2.75. The lowest BCUT2D eigenvalue weighted by molar-refractivity contribution is -0.384. The first kappa shape index (κ1) is 17.8. The van der Waals surface area contributed by atoms with Gasteiger partial charge in [0.1, 0.15) is 0 Å².